The van der Waals surface area contributed by atoms with E-state index in [4.69, 9.17) is 15.0 Å². The maximum atomic E-state index is 10.9. The van der Waals surface area contributed by atoms with Crippen LogP contribution in [-0.2, 0) is 9.53 Å². The summed E-state index contributed by atoms with van der Waals surface area (Å²) in [6, 6.07) is 6.24. The summed E-state index contributed by atoms with van der Waals surface area (Å²) in [7, 11) is 1.27. The van der Waals surface area contributed by atoms with E-state index in [1.54, 1.807) is 12.1 Å². The third kappa shape index (κ3) is 3.57. The van der Waals surface area contributed by atoms with Crippen molar-refractivity contribution in [2.24, 2.45) is 0 Å². The van der Waals surface area contributed by atoms with Crippen molar-refractivity contribution in [3.8, 4) is 5.75 Å². The summed E-state index contributed by atoms with van der Waals surface area (Å²) in [6.07, 6.45) is 0. The lowest BCUT2D eigenvalue weighted by molar-refractivity contribution is -0.122. The number of esters is 1. The summed E-state index contributed by atoms with van der Waals surface area (Å²) in [4.78, 5) is 19.2. The van der Waals surface area contributed by atoms with Crippen LogP contribution in [0.1, 0.15) is 10.4 Å². The molecule has 0 amide bonds. The minimum atomic E-state index is -0.525. The molecule has 0 unspecified atom stereocenters. The molecule has 0 heterocycles. The lowest BCUT2D eigenvalue weighted by Gasteiger charge is -1.99. The number of aromatic hydroxyl groups is 1. The Balaban J connectivity index is 0.000000500. The van der Waals surface area contributed by atoms with Crippen LogP contribution in [0.5, 0.6) is 5.75 Å². The van der Waals surface area contributed by atoms with Gasteiger partial charge in [-0.25, -0.2) is 4.79 Å². The smallest absolute Gasteiger partial charge is 0.341 e. The molecule has 0 aromatic heterocycles. The van der Waals surface area contributed by atoms with Gasteiger partial charge in [0, 0.05) is 0 Å². The molecule has 0 bridgehead atoms. The summed E-state index contributed by atoms with van der Waals surface area (Å²) in [6.45, 7) is -0.250. The summed E-state index contributed by atoms with van der Waals surface area (Å²) < 4.78 is 4.42. The molecule has 0 saturated carbocycles. The Morgan fingerprint density at radius 3 is 2.36 bits per heavy atom. The molecule has 2 N–H and O–H groups in total. The lowest BCUT2D eigenvalue weighted by Crippen LogP contribution is -2.00. The van der Waals surface area contributed by atoms with Crippen LogP contribution in [0.3, 0.4) is 0 Å². The second kappa shape index (κ2) is 6.47. The fraction of sp³-hybridized carbons (Fsp3) is 0.111. The predicted octanol–water partition coefficient (Wildman–Crippen LogP) is 0.880. The molecule has 5 nitrogen and oxygen atoms in total. The number of carboxylic acid groups (broad SMARTS) is 1. The number of rotatable bonds is 1. The van der Waals surface area contributed by atoms with Crippen molar-refractivity contribution < 1.29 is 24.5 Å². The van der Waals surface area contributed by atoms with E-state index in [1.807, 2.05) is 0 Å². The Labute approximate surface area is 80.6 Å². The largest absolute Gasteiger partial charge is 0.507 e. The molecule has 0 aliphatic heterocycles. The molecule has 1 aromatic carbocycles. The van der Waals surface area contributed by atoms with Crippen LogP contribution in [0.4, 0.5) is 0 Å². The number of para-hydroxylation sites is 1. The van der Waals surface area contributed by atoms with Crippen LogP contribution in [0.2, 0.25) is 0 Å². The molecule has 0 atom stereocenters. The minimum Gasteiger partial charge on any atom is -0.507 e. The van der Waals surface area contributed by atoms with E-state index >= 15 is 0 Å². The maximum absolute atomic E-state index is 10.9. The van der Waals surface area contributed by atoms with E-state index in [2.05, 4.69) is 4.74 Å². The number of carbonyl (C=O) groups is 2. The lowest BCUT2D eigenvalue weighted by atomic mass is 10.2. The van der Waals surface area contributed by atoms with Crippen LogP contribution >= 0.6 is 0 Å². The summed E-state index contributed by atoms with van der Waals surface area (Å²) >= 11 is 0. The SMILES string of the molecule is COC(=O)c1ccccc1O.O=CO. The highest BCUT2D eigenvalue weighted by Gasteiger charge is 2.08. The van der Waals surface area contributed by atoms with Crippen molar-refractivity contribution in [3.05, 3.63) is 29.8 Å². The quantitative estimate of drug-likeness (QED) is 0.517. The number of hydrogen-bond acceptors (Lipinski definition) is 4. The average Bonchev–Trinajstić information content (AvgIpc) is 2.19. The number of benzene rings is 1. The molecule has 0 radical (unpaired) electrons. The van der Waals surface area contributed by atoms with E-state index in [0.29, 0.717) is 0 Å². The van der Waals surface area contributed by atoms with Crippen LogP contribution in [-0.4, -0.2) is 29.8 Å². The van der Waals surface area contributed by atoms with Gasteiger partial charge in [0.05, 0.1) is 7.11 Å². The first-order chi connectivity index (χ1) is 6.67. The van der Waals surface area contributed by atoms with E-state index in [9.17, 15) is 4.79 Å². The van der Waals surface area contributed by atoms with Crippen LogP contribution < -0.4 is 0 Å². The highest BCUT2D eigenvalue weighted by Crippen LogP contribution is 2.15. The van der Waals surface area contributed by atoms with E-state index < -0.39 is 5.97 Å². The van der Waals surface area contributed by atoms with Gasteiger partial charge >= 0.3 is 5.97 Å². The Morgan fingerprint density at radius 1 is 1.43 bits per heavy atom. The van der Waals surface area contributed by atoms with Crippen molar-refractivity contribution in [1.82, 2.24) is 0 Å². The molecule has 76 valence electrons. The van der Waals surface area contributed by atoms with Crippen molar-refractivity contribution >= 4 is 12.4 Å². The maximum Gasteiger partial charge on any atom is 0.341 e. The third-order valence-electron chi connectivity index (χ3n) is 1.31. The molecule has 0 saturated heterocycles. The number of methoxy groups -OCH3 is 1. The van der Waals surface area contributed by atoms with E-state index in [1.165, 1.54) is 19.2 Å². The van der Waals surface area contributed by atoms with E-state index in [-0.39, 0.29) is 17.8 Å². The highest BCUT2D eigenvalue weighted by molar-refractivity contribution is 5.92. The third-order valence-corrected chi connectivity index (χ3v) is 1.31. The monoisotopic (exact) mass is 198 g/mol. The number of ether oxygens (including phenoxy) is 1. The second-order valence-corrected chi connectivity index (χ2v) is 2.11. The van der Waals surface area contributed by atoms with Crippen molar-refractivity contribution in [2.45, 2.75) is 0 Å². The van der Waals surface area contributed by atoms with Gasteiger partial charge in [-0.05, 0) is 12.1 Å². The second-order valence-electron chi connectivity index (χ2n) is 2.11. The molecule has 1 rings (SSSR count). The van der Waals surface area contributed by atoms with Gasteiger partial charge in [0.2, 0.25) is 0 Å². The van der Waals surface area contributed by atoms with Crippen LogP contribution in [0, 0.1) is 0 Å². The van der Waals surface area contributed by atoms with Crippen molar-refractivity contribution in [3.63, 3.8) is 0 Å². The zero-order valence-corrected chi connectivity index (χ0v) is 7.51. The Bertz CT molecular complexity index is 308. The topological polar surface area (TPSA) is 83.8 Å². The van der Waals surface area contributed by atoms with Crippen molar-refractivity contribution in [2.75, 3.05) is 7.11 Å². The molecular weight excluding hydrogens is 188 g/mol. The first-order valence-electron chi connectivity index (χ1n) is 3.61. The van der Waals surface area contributed by atoms with Gasteiger partial charge in [-0.1, -0.05) is 12.1 Å². The molecule has 1 aromatic rings. The molecule has 0 spiro atoms. The van der Waals surface area contributed by atoms with Gasteiger partial charge in [0.15, 0.2) is 0 Å². The molecule has 0 aliphatic rings. The number of phenolic OH excluding ortho intramolecular Hbond substituents is 1. The van der Waals surface area contributed by atoms with Crippen LogP contribution in [0.25, 0.3) is 0 Å². The van der Waals surface area contributed by atoms with Gasteiger partial charge in [-0.3, -0.25) is 4.79 Å². The van der Waals surface area contributed by atoms with Gasteiger partial charge in [-0.2, -0.15) is 0 Å². The summed E-state index contributed by atoms with van der Waals surface area (Å²) in [5.74, 6) is -0.581. The fourth-order valence-electron chi connectivity index (χ4n) is 0.756. The standard InChI is InChI=1S/C8H8O3.CH2O2/c1-11-8(10)6-4-2-3-5-7(6)9;2-1-3/h2-5,9H,1H3;1H,(H,2,3). The number of phenols is 1. The van der Waals surface area contributed by atoms with Gasteiger partial charge in [0.1, 0.15) is 11.3 Å². The number of hydrogen-bond donors (Lipinski definition) is 2. The Kier molecular flexibility index (Phi) is 5.53. The normalized spacial score (nSPS) is 8.07. The molecule has 5 heteroatoms. The molecular formula is C9H10O5. The molecule has 0 fully saturated rings. The first-order valence-corrected chi connectivity index (χ1v) is 3.61. The van der Waals surface area contributed by atoms with Crippen molar-refractivity contribution in [1.29, 1.82) is 0 Å². The minimum absolute atomic E-state index is 0.0562. The Morgan fingerprint density at radius 2 is 1.93 bits per heavy atom. The molecule has 0 aliphatic carbocycles. The van der Waals surface area contributed by atoms with E-state index in [0.717, 1.165) is 0 Å². The number of carbonyl (C=O) groups excluding carboxylic acids is 1. The average molecular weight is 198 g/mol. The highest BCUT2D eigenvalue weighted by atomic mass is 16.5. The summed E-state index contributed by atoms with van der Waals surface area (Å²) in [5, 5.41) is 16.0. The fourth-order valence-corrected chi connectivity index (χ4v) is 0.756. The van der Waals surface area contributed by atoms with Gasteiger partial charge < -0.3 is 14.9 Å². The van der Waals surface area contributed by atoms with Gasteiger partial charge in [-0.15, -0.1) is 0 Å². The zero-order chi connectivity index (χ0) is 11.0. The Hall–Kier alpha value is -2.04. The summed E-state index contributed by atoms with van der Waals surface area (Å²) in [5.41, 5.74) is 0.190. The first kappa shape index (κ1) is 12.0. The van der Waals surface area contributed by atoms with Gasteiger partial charge in [0.25, 0.3) is 6.47 Å². The predicted molar refractivity (Wildman–Crippen MR) is 48.1 cm³/mol. The van der Waals surface area contributed by atoms with Crippen LogP contribution in [0.15, 0.2) is 24.3 Å². The molecule has 14 heavy (non-hydrogen) atoms. The zero-order valence-electron chi connectivity index (χ0n) is 7.51.